The zero-order valence-corrected chi connectivity index (χ0v) is 13.7. The summed E-state index contributed by atoms with van der Waals surface area (Å²) in [7, 11) is 3.91. The minimum absolute atomic E-state index is 0.0447. The van der Waals surface area contributed by atoms with Gasteiger partial charge in [-0.25, -0.2) is 9.97 Å². The molecule has 1 N–H and O–H groups in total. The maximum absolute atomic E-state index is 12.5. The standard InChI is InChI=1S/C16H26N4O2/c1-4-14-17-10-13(11-18-14)15(21)20-8-5-6-16(22,7-9-20)12-19(2)3/h10-11,22H,4-9,12H2,1-3H3/t16-/m1/s1. The molecule has 2 rings (SSSR count). The monoisotopic (exact) mass is 306 g/mol. The summed E-state index contributed by atoms with van der Waals surface area (Å²) in [6.45, 7) is 3.85. The van der Waals surface area contributed by atoms with Crippen molar-refractivity contribution in [3.63, 3.8) is 0 Å². The highest BCUT2D eigenvalue weighted by Crippen LogP contribution is 2.23. The predicted octanol–water partition coefficient (Wildman–Crippen LogP) is 0.958. The number of carbonyl (C=O) groups is 1. The van der Waals surface area contributed by atoms with E-state index in [4.69, 9.17) is 0 Å². The average Bonchev–Trinajstić information content (AvgIpc) is 2.68. The first kappa shape index (κ1) is 16.8. The molecule has 1 amide bonds. The summed E-state index contributed by atoms with van der Waals surface area (Å²) < 4.78 is 0. The third kappa shape index (κ3) is 4.24. The third-order valence-electron chi connectivity index (χ3n) is 4.08. The van der Waals surface area contributed by atoms with Gasteiger partial charge in [-0.05, 0) is 33.4 Å². The fourth-order valence-corrected chi connectivity index (χ4v) is 2.96. The van der Waals surface area contributed by atoms with Gasteiger partial charge in [-0.2, -0.15) is 0 Å². The molecule has 122 valence electrons. The Morgan fingerprint density at radius 1 is 1.32 bits per heavy atom. The molecule has 0 bridgehead atoms. The van der Waals surface area contributed by atoms with E-state index in [0.717, 1.165) is 25.1 Å². The predicted molar refractivity (Wildman–Crippen MR) is 84.7 cm³/mol. The molecule has 0 aliphatic carbocycles. The van der Waals surface area contributed by atoms with E-state index < -0.39 is 5.60 Å². The van der Waals surface area contributed by atoms with E-state index in [1.165, 1.54) is 0 Å². The van der Waals surface area contributed by atoms with Crippen LogP contribution in [0.2, 0.25) is 0 Å². The minimum atomic E-state index is -0.707. The molecule has 1 aromatic heterocycles. The third-order valence-corrected chi connectivity index (χ3v) is 4.08. The molecule has 6 heteroatoms. The minimum Gasteiger partial charge on any atom is -0.388 e. The van der Waals surface area contributed by atoms with E-state index >= 15 is 0 Å². The summed E-state index contributed by atoms with van der Waals surface area (Å²) in [6, 6.07) is 0. The van der Waals surface area contributed by atoms with E-state index in [-0.39, 0.29) is 5.91 Å². The first-order valence-electron chi connectivity index (χ1n) is 7.91. The van der Waals surface area contributed by atoms with Crippen molar-refractivity contribution >= 4 is 5.91 Å². The van der Waals surface area contributed by atoms with Crippen molar-refractivity contribution in [2.75, 3.05) is 33.7 Å². The van der Waals surface area contributed by atoms with Crippen molar-refractivity contribution in [3.05, 3.63) is 23.8 Å². The number of hydrogen-bond acceptors (Lipinski definition) is 5. The van der Waals surface area contributed by atoms with Crippen LogP contribution in [0, 0.1) is 0 Å². The molecular weight excluding hydrogens is 280 g/mol. The lowest BCUT2D eigenvalue weighted by Gasteiger charge is -2.29. The molecule has 2 heterocycles. The Labute approximate surface area is 132 Å². The fourth-order valence-electron chi connectivity index (χ4n) is 2.96. The SMILES string of the molecule is CCc1ncc(C(=O)N2CCC[C@](O)(CN(C)C)CC2)cn1. The van der Waals surface area contributed by atoms with Gasteiger partial charge in [-0.3, -0.25) is 4.79 Å². The Morgan fingerprint density at radius 2 is 2.00 bits per heavy atom. The van der Waals surface area contributed by atoms with Crippen LogP contribution in [0.15, 0.2) is 12.4 Å². The van der Waals surface area contributed by atoms with Gasteiger partial charge in [0.05, 0.1) is 11.2 Å². The summed E-state index contributed by atoms with van der Waals surface area (Å²) >= 11 is 0. The van der Waals surface area contributed by atoms with E-state index in [2.05, 4.69) is 9.97 Å². The molecule has 6 nitrogen and oxygen atoms in total. The van der Waals surface area contributed by atoms with Gasteiger partial charge in [0, 0.05) is 38.4 Å². The molecule has 0 spiro atoms. The average molecular weight is 306 g/mol. The normalized spacial score (nSPS) is 22.7. The second-order valence-electron chi connectivity index (χ2n) is 6.35. The zero-order valence-electron chi connectivity index (χ0n) is 13.7. The van der Waals surface area contributed by atoms with Crippen LogP contribution in [0.4, 0.5) is 0 Å². The number of aromatic nitrogens is 2. The maximum atomic E-state index is 12.5. The fraction of sp³-hybridized carbons (Fsp3) is 0.688. The molecule has 1 aliphatic rings. The van der Waals surface area contributed by atoms with Gasteiger partial charge in [0.1, 0.15) is 5.82 Å². The molecular formula is C16H26N4O2. The smallest absolute Gasteiger partial charge is 0.256 e. The lowest BCUT2D eigenvalue weighted by Crippen LogP contribution is -2.41. The van der Waals surface area contributed by atoms with Crippen LogP contribution in [-0.4, -0.2) is 70.1 Å². The first-order chi connectivity index (χ1) is 10.4. The highest BCUT2D eigenvalue weighted by Gasteiger charge is 2.32. The molecule has 0 aromatic carbocycles. The lowest BCUT2D eigenvalue weighted by atomic mass is 9.94. The molecule has 1 aromatic rings. The Kier molecular flexibility index (Phi) is 5.47. The van der Waals surface area contributed by atoms with Crippen molar-refractivity contribution in [3.8, 4) is 0 Å². The lowest BCUT2D eigenvalue weighted by molar-refractivity contribution is 0.00305. The maximum Gasteiger partial charge on any atom is 0.256 e. The first-order valence-corrected chi connectivity index (χ1v) is 7.91. The van der Waals surface area contributed by atoms with Crippen LogP contribution in [0.5, 0.6) is 0 Å². The summed E-state index contributed by atoms with van der Waals surface area (Å²) in [5.74, 6) is 0.699. The zero-order chi connectivity index (χ0) is 16.2. The highest BCUT2D eigenvalue weighted by atomic mass is 16.3. The van der Waals surface area contributed by atoms with Gasteiger partial charge in [0.15, 0.2) is 0 Å². The summed E-state index contributed by atoms with van der Waals surface area (Å²) in [5.41, 5.74) is -0.184. The van der Waals surface area contributed by atoms with Gasteiger partial charge >= 0.3 is 0 Å². The second-order valence-corrected chi connectivity index (χ2v) is 6.35. The van der Waals surface area contributed by atoms with Gasteiger partial charge in [0.25, 0.3) is 5.91 Å². The van der Waals surface area contributed by atoms with E-state index in [9.17, 15) is 9.90 Å². The molecule has 1 saturated heterocycles. The molecule has 0 unspecified atom stereocenters. The summed E-state index contributed by atoms with van der Waals surface area (Å²) in [6.07, 6.45) is 6.10. The van der Waals surface area contributed by atoms with Crippen LogP contribution in [0.3, 0.4) is 0 Å². The number of hydrogen-bond donors (Lipinski definition) is 1. The van der Waals surface area contributed by atoms with Crippen molar-refractivity contribution < 1.29 is 9.90 Å². The molecule has 0 radical (unpaired) electrons. The number of amides is 1. The number of likely N-dealkylation sites (tertiary alicyclic amines) is 1. The molecule has 1 fully saturated rings. The van der Waals surface area contributed by atoms with E-state index in [1.54, 1.807) is 17.3 Å². The quantitative estimate of drug-likeness (QED) is 0.897. The highest BCUT2D eigenvalue weighted by molar-refractivity contribution is 5.93. The Balaban J connectivity index is 2.02. The van der Waals surface area contributed by atoms with E-state index in [0.29, 0.717) is 31.6 Å². The molecule has 1 atom stereocenters. The van der Waals surface area contributed by atoms with Crippen LogP contribution < -0.4 is 0 Å². The Hall–Kier alpha value is -1.53. The number of aryl methyl sites for hydroxylation is 1. The van der Waals surface area contributed by atoms with Crippen LogP contribution in [-0.2, 0) is 6.42 Å². The molecule has 1 aliphatic heterocycles. The number of nitrogens with zero attached hydrogens (tertiary/aromatic N) is 4. The van der Waals surface area contributed by atoms with Crippen LogP contribution >= 0.6 is 0 Å². The largest absolute Gasteiger partial charge is 0.388 e. The van der Waals surface area contributed by atoms with Crippen LogP contribution in [0.1, 0.15) is 42.4 Å². The van der Waals surface area contributed by atoms with Gasteiger partial charge < -0.3 is 14.9 Å². The number of aliphatic hydroxyl groups is 1. The summed E-state index contributed by atoms with van der Waals surface area (Å²) in [4.78, 5) is 24.7. The Morgan fingerprint density at radius 3 is 2.59 bits per heavy atom. The van der Waals surface area contributed by atoms with Crippen molar-refractivity contribution in [1.82, 2.24) is 19.8 Å². The molecule has 22 heavy (non-hydrogen) atoms. The van der Waals surface area contributed by atoms with Gasteiger partial charge in [-0.15, -0.1) is 0 Å². The van der Waals surface area contributed by atoms with Crippen molar-refractivity contribution in [2.45, 2.75) is 38.2 Å². The topological polar surface area (TPSA) is 69.6 Å². The molecule has 0 saturated carbocycles. The number of carbonyl (C=O) groups excluding carboxylic acids is 1. The van der Waals surface area contributed by atoms with Crippen molar-refractivity contribution in [2.24, 2.45) is 0 Å². The number of rotatable bonds is 4. The summed E-state index contributed by atoms with van der Waals surface area (Å²) in [5, 5.41) is 10.7. The van der Waals surface area contributed by atoms with E-state index in [1.807, 2.05) is 25.9 Å². The van der Waals surface area contributed by atoms with Gasteiger partial charge in [0.2, 0.25) is 0 Å². The second kappa shape index (κ2) is 7.15. The number of likely N-dealkylation sites (N-methyl/N-ethyl adjacent to an activating group) is 1. The van der Waals surface area contributed by atoms with Crippen molar-refractivity contribution in [1.29, 1.82) is 0 Å². The van der Waals surface area contributed by atoms with Crippen LogP contribution in [0.25, 0.3) is 0 Å². The Bertz CT molecular complexity index is 503. The van der Waals surface area contributed by atoms with Gasteiger partial charge in [-0.1, -0.05) is 6.92 Å².